The van der Waals surface area contributed by atoms with Gasteiger partial charge < -0.3 is 9.30 Å². The van der Waals surface area contributed by atoms with E-state index in [1.54, 1.807) is 17.0 Å². The van der Waals surface area contributed by atoms with Gasteiger partial charge in [-0.1, -0.05) is 35.3 Å². The molecule has 0 N–H and O–H groups in total. The van der Waals surface area contributed by atoms with Crippen molar-refractivity contribution in [1.29, 1.82) is 5.26 Å². The van der Waals surface area contributed by atoms with Gasteiger partial charge in [0, 0.05) is 6.54 Å². The molecule has 1 aliphatic heterocycles. The molecule has 2 aliphatic rings. The maximum Gasteiger partial charge on any atom is 0.410 e. The number of carbonyl (C=O) groups excluding carboxylic acids is 1. The molecule has 2 aromatic carbocycles. The van der Waals surface area contributed by atoms with Crippen LogP contribution in [0.15, 0.2) is 42.7 Å². The van der Waals surface area contributed by atoms with E-state index in [1.807, 2.05) is 30.6 Å². The molecule has 8 heteroatoms. The lowest BCUT2D eigenvalue weighted by Crippen LogP contribution is -2.40. The molecule has 6 nitrogen and oxygen atoms in total. The molecule has 2 heterocycles. The van der Waals surface area contributed by atoms with E-state index in [0.717, 1.165) is 48.8 Å². The van der Waals surface area contributed by atoms with E-state index < -0.39 is 5.60 Å². The predicted octanol–water partition coefficient (Wildman–Crippen LogP) is 5.80. The zero-order valence-electron chi connectivity index (χ0n) is 17.4. The minimum absolute atomic E-state index is 0.298. The fourth-order valence-corrected chi connectivity index (χ4v) is 5.46. The van der Waals surface area contributed by atoms with Crippen LogP contribution in [0.4, 0.5) is 4.79 Å². The number of imidazole rings is 1. The Hall–Kier alpha value is -2.75. The van der Waals surface area contributed by atoms with Crippen LogP contribution in [-0.4, -0.2) is 32.7 Å². The van der Waals surface area contributed by atoms with E-state index in [0.29, 0.717) is 34.6 Å². The van der Waals surface area contributed by atoms with Gasteiger partial charge in [0.2, 0.25) is 0 Å². The third-order valence-electron chi connectivity index (χ3n) is 6.54. The quantitative estimate of drug-likeness (QED) is 0.485. The summed E-state index contributed by atoms with van der Waals surface area (Å²) in [7, 11) is 0. The van der Waals surface area contributed by atoms with Crippen LogP contribution >= 0.6 is 23.2 Å². The van der Waals surface area contributed by atoms with Crippen LogP contribution in [0.5, 0.6) is 0 Å². The molecule has 32 heavy (non-hydrogen) atoms. The summed E-state index contributed by atoms with van der Waals surface area (Å²) in [5, 5.41) is 10.2. The summed E-state index contributed by atoms with van der Waals surface area (Å²) in [4.78, 5) is 18.9. The number of hydrogen-bond donors (Lipinski definition) is 0. The van der Waals surface area contributed by atoms with Crippen LogP contribution < -0.4 is 0 Å². The van der Waals surface area contributed by atoms with Gasteiger partial charge in [-0.25, -0.2) is 9.78 Å². The van der Waals surface area contributed by atoms with Crippen molar-refractivity contribution in [2.75, 3.05) is 6.54 Å². The molecule has 5 rings (SSSR count). The summed E-state index contributed by atoms with van der Waals surface area (Å²) in [6.07, 6.45) is 5.26. The summed E-state index contributed by atoms with van der Waals surface area (Å²) in [6.45, 7) is 1.72. The molecule has 2 atom stereocenters. The predicted molar refractivity (Wildman–Crippen MR) is 122 cm³/mol. The third-order valence-corrected chi connectivity index (χ3v) is 7.40. The lowest BCUT2D eigenvalue weighted by molar-refractivity contribution is 0.00415. The molecule has 1 amide bonds. The molecular weight excluding hydrogens is 447 g/mol. The van der Waals surface area contributed by atoms with Gasteiger partial charge in [0.05, 0.1) is 52.1 Å². The van der Waals surface area contributed by atoms with Crippen molar-refractivity contribution in [1.82, 2.24) is 14.5 Å². The van der Waals surface area contributed by atoms with Crippen molar-refractivity contribution >= 4 is 40.3 Å². The average molecular weight is 469 g/mol. The number of nitriles is 1. The summed E-state index contributed by atoms with van der Waals surface area (Å²) in [5.41, 5.74) is 2.81. The molecule has 0 unspecified atom stereocenters. The molecule has 1 saturated carbocycles. The Balaban J connectivity index is 1.31. The second-order valence-corrected chi connectivity index (χ2v) is 9.58. The van der Waals surface area contributed by atoms with Crippen molar-refractivity contribution in [3.8, 4) is 6.07 Å². The van der Waals surface area contributed by atoms with Crippen molar-refractivity contribution in [2.24, 2.45) is 5.92 Å². The van der Waals surface area contributed by atoms with Crippen molar-refractivity contribution in [3.05, 3.63) is 63.9 Å². The van der Waals surface area contributed by atoms with Crippen LogP contribution in [-0.2, 0) is 17.8 Å². The zero-order chi connectivity index (χ0) is 22.3. The van der Waals surface area contributed by atoms with E-state index in [2.05, 4.69) is 15.6 Å². The summed E-state index contributed by atoms with van der Waals surface area (Å²) < 4.78 is 8.07. The van der Waals surface area contributed by atoms with E-state index in [9.17, 15) is 10.1 Å². The normalized spacial score (nSPS) is 23.0. The molecule has 1 saturated heterocycles. The molecule has 1 aliphatic carbocycles. The van der Waals surface area contributed by atoms with Gasteiger partial charge in [0.1, 0.15) is 5.60 Å². The summed E-state index contributed by atoms with van der Waals surface area (Å²) >= 11 is 12.5. The second kappa shape index (κ2) is 8.31. The lowest BCUT2D eigenvalue weighted by atomic mass is 9.78. The standard InChI is InChI=1S/C24H22Cl2N4O2/c25-19-5-1-4-18(22(19)26)13-29-14-24(32-23(29)31)8-2-3-17(10-24)12-30-15-28-20-7-6-16(11-27)9-21(20)30/h1,4-7,9,15,17H,2-3,8,10,12-14H2/t17-,24-/m0/s1. The Morgan fingerprint density at radius 3 is 3.00 bits per heavy atom. The largest absolute Gasteiger partial charge is 0.441 e. The maximum absolute atomic E-state index is 12.7. The Morgan fingerprint density at radius 2 is 2.16 bits per heavy atom. The lowest BCUT2D eigenvalue weighted by Gasteiger charge is -2.36. The monoisotopic (exact) mass is 468 g/mol. The number of hydrogen-bond acceptors (Lipinski definition) is 4. The van der Waals surface area contributed by atoms with Crippen LogP contribution in [0.3, 0.4) is 0 Å². The van der Waals surface area contributed by atoms with Gasteiger partial charge in [-0.15, -0.1) is 0 Å². The van der Waals surface area contributed by atoms with E-state index >= 15 is 0 Å². The summed E-state index contributed by atoms with van der Waals surface area (Å²) in [5.74, 6) is 0.356. The van der Waals surface area contributed by atoms with Gasteiger partial charge in [0.25, 0.3) is 0 Å². The Labute approximate surface area is 196 Å². The fraction of sp³-hybridized carbons (Fsp3) is 0.375. The molecule has 1 spiro atoms. The number of benzene rings is 2. The van der Waals surface area contributed by atoms with Gasteiger partial charge >= 0.3 is 6.09 Å². The first-order valence-corrected chi connectivity index (χ1v) is 11.5. The van der Waals surface area contributed by atoms with Crippen molar-refractivity contribution in [3.63, 3.8) is 0 Å². The van der Waals surface area contributed by atoms with E-state index in [-0.39, 0.29) is 6.09 Å². The number of ether oxygens (including phenoxy) is 1. The number of rotatable bonds is 4. The van der Waals surface area contributed by atoms with Crippen LogP contribution in [0.2, 0.25) is 10.0 Å². The summed E-state index contributed by atoms with van der Waals surface area (Å²) in [6, 6.07) is 13.2. The maximum atomic E-state index is 12.7. The highest BCUT2D eigenvalue weighted by Crippen LogP contribution is 2.41. The smallest absolute Gasteiger partial charge is 0.410 e. The Kier molecular flexibility index (Phi) is 5.48. The first kappa shape index (κ1) is 21.1. The van der Waals surface area contributed by atoms with Crippen molar-refractivity contribution in [2.45, 2.75) is 44.4 Å². The van der Waals surface area contributed by atoms with Gasteiger partial charge in [0.15, 0.2) is 0 Å². The highest BCUT2D eigenvalue weighted by Gasteiger charge is 2.48. The van der Waals surface area contributed by atoms with E-state index in [1.165, 1.54) is 0 Å². The number of halogens is 2. The highest BCUT2D eigenvalue weighted by atomic mass is 35.5. The number of amides is 1. The first-order valence-electron chi connectivity index (χ1n) is 10.7. The number of carbonyl (C=O) groups is 1. The zero-order valence-corrected chi connectivity index (χ0v) is 18.9. The molecule has 3 aromatic rings. The molecule has 2 fully saturated rings. The van der Waals surface area contributed by atoms with Crippen LogP contribution in [0, 0.1) is 17.2 Å². The highest BCUT2D eigenvalue weighted by molar-refractivity contribution is 6.42. The molecule has 0 bridgehead atoms. The van der Waals surface area contributed by atoms with Gasteiger partial charge in [-0.2, -0.15) is 5.26 Å². The average Bonchev–Trinajstić information content (AvgIpc) is 3.31. The Morgan fingerprint density at radius 1 is 1.28 bits per heavy atom. The fourth-order valence-electron chi connectivity index (χ4n) is 5.08. The number of fused-ring (bicyclic) bond motifs is 1. The molecule has 164 valence electrons. The van der Waals surface area contributed by atoms with Crippen LogP contribution in [0.25, 0.3) is 11.0 Å². The number of aromatic nitrogens is 2. The minimum atomic E-state index is -0.473. The topological polar surface area (TPSA) is 71.2 Å². The molecular formula is C24H22Cl2N4O2. The van der Waals surface area contributed by atoms with Crippen LogP contribution in [0.1, 0.15) is 36.8 Å². The minimum Gasteiger partial charge on any atom is -0.441 e. The number of nitrogens with zero attached hydrogens (tertiary/aromatic N) is 4. The molecule has 1 aromatic heterocycles. The first-order chi connectivity index (χ1) is 15.5. The SMILES string of the molecule is N#Cc1ccc2ncn(C[C@H]3CCC[C@]4(C3)CN(Cc3cccc(Cl)c3Cl)C(=O)O4)c2c1. The van der Waals surface area contributed by atoms with Gasteiger partial charge in [-0.05, 0) is 61.4 Å². The Bertz CT molecular complexity index is 1230. The van der Waals surface area contributed by atoms with E-state index in [4.69, 9.17) is 27.9 Å². The van der Waals surface area contributed by atoms with Gasteiger partial charge in [-0.3, -0.25) is 4.90 Å². The third kappa shape index (κ3) is 3.92. The molecule has 0 radical (unpaired) electrons. The second-order valence-electron chi connectivity index (χ2n) is 8.79. The van der Waals surface area contributed by atoms with Crippen molar-refractivity contribution < 1.29 is 9.53 Å².